The van der Waals surface area contributed by atoms with Gasteiger partial charge in [0, 0.05) is 13.1 Å². The van der Waals surface area contributed by atoms with Gasteiger partial charge in [-0.3, -0.25) is 4.79 Å². The highest BCUT2D eigenvalue weighted by Crippen LogP contribution is 2.24. The summed E-state index contributed by atoms with van der Waals surface area (Å²) < 4.78 is 0. The molecule has 1 aromatic rings. The van der Waals surface area contributed by atoms with E-state index in [-0.39, 0.29) is 11.7 Å². The first-order valence-electron chi connectivity index (χ1n) is 5.35. The summed E-state index contributed by atoms with van der Waals surface area (Å²) in [6.45, 7) is 2.66. The molecular formula is C12H15NO3. The van der Waals surface area contributed by atoms with Gasteiger partial charge < -0.3 is 15.1 Å². The second-order valence-electron chi connectivity index (χ2n) is 4.16. The van der Waals surface area contributed by atoms with Crippen LogP contribution < -0.4 is 0 Å². The van der Waals surface area contributed by atoms with Crippen LogP contribution in [0.5, 0.6) is 5.75 Å². The Labute approximate surface area is 94.1 Å². The van der Waals surface area contributed by atoms with Gasteiger partial charge >= 0.3 is 0 Å². The number of phenols is 1. The molecular weight excluding hydrogens is 206 g/mol. The van der Waals surface area contributed by atoms with Gasteiger partial charge in [-0.15, -0.1) is 0 Å². The van der Waals surface area contributed by atoms with Gasteiger partial charge in [-0.05, 0) is 25.0 Å². The lowest BCUT2D eigenvalue weighted by molar-refractivity contribution is 0.0762. The van der Waals surface area contributed by atoms with Crippen LogP contribution in [0, 0.1) is 6.92 Å². The first kappa shape index (κ1) is 11.0. The smallest absolute Gasteiger partial charge is 0.257 e. The molecule has 0 aliphatic carbocycles. The number of aliphatic hydroxyl groups excluding tert-OH is 1. The zero-order chi connectivity index (χ0) is 11.7. The summed E-state index contributed by atoms with van der Waals surface area (Å²) in [5.41, 5.74) is 1.000. The quantitative estimate of drug-likeness (QED) is 0.741. The van der Waals surface area contributed by atoms with Crippen LogP contribution in [-0.4, -0.2) is 40.2 Å². The SMILES string of the molecule is Cc1cccc(C(=O)N2CC[C@H](O)C2)c1O. The van der Waals surface area contributed by atoms with Crippen molar-refractivity contribution in [2.24, 2.45) is 0 Å². The predicted octanol–water partition coefficient (Wildman–Crippen LogP) is 0.907. The predicted molar refractivity (Wildman–Crippen MR) is 59.4 cm³/mol. The number of phenolic OH excluding ortho intramolecular Hbond substituents is 1. The molecule has 0 bridgehead atoms. The van der Waals surface area contributed by atoms with Gasteiger partial charge in [0.05, 0.1) is 11.7 Å². The first-order chi connectivity index (χ1) is 7.59. The second-order valence-corrected chi connectivity index (χ2v) is 4.16. The van der Waals surface area contributed by atoms with Crippen LogP contribution in [0.4, 0.5) is 0 Å². The highest BCUT2D eigenvalue weighted by atomic mass is 16.3. The van der Waals surface area contributed by atoms with Crippen molar-refractivity contribution in [1.29, 1.82) is 0 Å². The molecule has 2 N–H and O–H groups in total. The third-order valence-corrected chi connectivity index (χ3v) is 2.92. The Hall–Kier alpha value is -1.55. The zero-order valence-electron chi connectivity index (χ0n) is 9.18. The molecule has 4 heteroatoms. The number of β-amino-alcohol motifs (C(OH)–C–C–N with tert-alkyl or cyclic N) is 1. The molecule has 1 atom stereocenters. The molecule has 1 aliphatic heterocycles. The van der Waals surface area contributed by atoms with Crippen molar-refractivity contribution in [3.8, 4) is 5.75 Å². The number of hydrogen-bond donors (Lipinski definition) is 2. The fourth-order valence-corrected chi connectivity index (χ4v) is 1.93. The molecule has 0 saturated carbocycles. The van der Waals surface area contributed by atoms with Gasteiger partial charge in [0.1, 0.15) is 5.75 Å². The number of para-hydroxylation sites is 1. The molecule has 0 spiro atoms. The number of aromatic hydroxyl groups is 1. The van der Waals surface area contributed by atoms with E-state index in [1.807, 2.05) is 0 Å². The lowest BCUT2D eigenvalue weighted by atomic mass is 10.1. The molecule has 1 amide bonds. The van der Waals surface area contributed by atoms with Crippen molar-refractivity contribution in [1.82, 2.24) is 4.90 Å². The van der Waals surface area contributed by atoms with Crippen molar-refractivity contribution >= 4 is 5.91 Å². The molecule has 86 valence electrons. The average Bonchev–Trinajstić information content (AvgIpc) is 2.68. The maximum absolute atomic E-state index is 12.0. The molecule has 1 fully saturated rings. The maximum atomic E-state index is 12.0. The van der Waals surface area contributed by atoms with Crippen LogP contribution in [-0.2, 0) is 0 Å². The summed E-state index contributed by atoms with van der Waals surface area (Å²) in [6.07, 6.45) is 0.175. The molecule has 0 aromatic heterocycles. The van der Waals surface area contributed by atoms with Gasteiger partial charge in [-0.1, -0.05) is 12.1 Å². The van der Waals surface area contributed by atoms with Crippen LogP contribution in [0.1, 0.15) is 22.3 Å². The number of benzene rings is 1. The monoisotopic (exact) mass is 221 g/mol. The van der Waals surface area contributed by atoms with E-state index in [2.05, 4.69) is 0 Å². The van der Waals surface area contributed by atoms with E-state index < -0.39 is 6.10 Å². The molecule has 1 aromatic carbocycles. The Morgan fingerprint density at radius 3 is 2.88 bits per heavy atom. The Morgan fingerprint density at radius 1 is 1.50 bits per heavy atom. The molecule has 0 radical (unpaired) electrons. The second kappa shape index (κ2) is 4.14. The Kier molecular flexibility index (Phi) is 2.83. The van der Waals surface area contributed by atoms with E-state index >= 15 is 0 Å². The van der Waals surface area contributed by atoms with E-state index in [9.17, 15) is 15.0 Å². The minimum atomic E-state index is -0.434. The Bertz CT molecular complexity index is 417. The van der Waals surface area contributed by atoms with Crippen molar-refractivity contribution in [3.63, 3.8) is 0 Å². The van der Waals surface area contributed by atoms with Gasteiger partial charge in [-0.2, -0.15) is 0 Å². The number of carbonyl (C=O) groups is 1. The Balaban J connectivity index is 2.24. The van der Waals surface area contributed by atoms with Gasteiger partial charge in [0.2, 0.25) is 0 Å². The molecule has 4 nitrogen and oxygen atoms in total. The molecule has 0 unspecified atom stereocenters. The van der Waals surface area contributed by atoms with Gasteiger partial charge in [-0.25, -0.2) is 0 Å². The van der Waals surface area contributed by atoms with E-state index in [1.165, 1.54) is 0 Å². The number of hydrogen-bond acceptors (Lipinski definition) is 3. The molecule has 1 heterocycles. The summed E-state index contributed by atoms with van der Waals surface area (Å²) in [4.78, 5) is 13.6. The van der Waals surface area contributed by atoms with Crippen LogP contribution in [0.3, 0.4) is 0 Å². The third-order valence-electron chi connectivity index (χ3n) is 2.92. The highest BCUT2D eigenvalue weighted by Gasteiger charge is 2.26. The highest BCUT2D eigenvalue weighted by molar-refractivity contribution is 5.97. The van der Waals surface area contributed by atoms with Crippen molar-refractivity contribution < 1.29 is 15.0 Å². The van der Waals surface area contributed by atoms with Crippen molar-refractivity contribution in [2.75, 3.05) is 13.1 Å². The largest absolute Gasteiger partial charge is 0.507 e. The standard InChI is InChI=1S/C12H15NO3/c1-8-3-2-4-10(11(8)15)12(16)13-6-5-9(14)7-13/h2-4,9,14-15H,5-7H2,1H3/t9-/m0/s1. The average molecular weight is 221 g/mol. The fraction of sp³-hybridized carbons (Fsp3) is 0.417. The number of aliphatic hydroxyl groups is 1. The summed E-state index contributed by atoms with van der Waals surface area (Å²) in [6, 6.07) is 5.11. The third kappa shape index (κ3) is 1.88. The first-order valence-corrected chi connectivity index (χ1v) is 5.35. The number of carbonyl (C=O) groups excluding carboxylic acids is 1. The number of amides is 1. The van der Waals surface area contributed by atoms with Crippen LogP contribution in [0.25, 0.3) is 0 Å². The van der Waals surface area contributed by atoms with E-state index in [0.29, 0.717) is 30.6 Å². The van der Waals surface area contributed by atoms with Crippen LogP contribution in [0.2, 0.25) is 0 Å². The van der Waals surface area contributed by atoms with Crippen LogP contribution in [0.15, 0.2) is 18.2 Å². The lowest BCUT2D eigenvalue weighted by Gasteiger charge is -2.16. The number of likely N-dealkylation sites (tertiary alicyclic amines) is 1. The maximum Gasteiger partial charge on any atom is 0.257 e. The number of rotatable bonds is 1. The van der Waals surface area contributed by atoms with Gasteiger partial charge in [0.15, 0.2) is 0 Å². The zero-order valence-corrected chi connectivity index (χ0v) is 9.18. The molecule has 16 heavy (non-hydrogen) atoms. The van der Waals surface area contributed by atoms with E-state index in [1.54, 1.807) is 30.0 Å². The fourth-order valence-electron chi connectivity index (χ4n) is 1.93. The minimum Gasteiger partial charge on any atom is -0.507 e. The summed E-state index contributed by atoms with van der Waals surface area (Å²) in [5.74, 6) is -0.174. The number of nitrogens with zero attached hydrogens (tertiary/aromatic N) is 1. The van der Waals surface area contributed by atoms with Crippen molar-refractivity contribution in [2.45, 2.75) is 19.4 Å². The van der Waals surface area contributed by atoms with Crippen molar-refractivity contribution in [3.05, 3.63) is 29.3 Å². The van der Waals surface area contributed by atoms with E-state index in [4.69, 9.17) is 0 Å². The molecule has 1 aliphatic rings. The van der Waals surface area contributed by atoms with Crippen LogP contribution >= 0.6 is 0 Å². The summed E-state index contributed by atoms with van der Waals surface area (Å²) in [5, 5.41) is 19.1. The normalized spacial score (nSPS) is 20.1. The topological polar surface area (TPSA) is 60.8 Å². The number of aryl methyl sites for hydroxylation is 1. The van der Waals surface area contributed by atoms with Gasteiger partial charge in [0.25, 0.3) is 5.91 Å². The van der Waals surface area contributed by atoms with E-state index in [0.717, 1.165) is 0 Å². The molecule has 2 rings (SSSR count). The minimum absolute atomic E-state index is 0.0360. The summed E-state index contributed by atoms with van der Waals surface area (Å²) in [7, 11) is 0. The lowest BCUT2D eigenvalue weighted by Crippen LogP contribution is -2.29. The summed E-state index contributed by atoms with van der Waals surface area (Å²) >= 11 is 0. The Morgan fingerprint density at radius 2 is 2.25 bits per heavy atom. The molecule has 1 saturated heterocycles.